The fourth-order valence-electron chi connectivity index (χ4n) is 2.19. The van der Waals surface area contributed by atoms with Crippen molar-refractivity contribution in [2.75, 3.05) is 0 Å². The lowest BCUT2D eigenvalue weighted by Crippen LogP contribution is -2.36. The Hall–Kier alpha value is -2.29. The van der Waals surface area contributed by atoms with Crippen LogP contribution >= 0.6 is 0 Å². The molecule has 2 rings (SSSR count). The molecule has 22 heavy (non-hydrogen) atoms. The van der Waals surface area contributed by atoms with E-state index in [9.17, 15) is 4.79 Å². The highest BCUT2D eigenvalue weighted by Crippen LogP contribution is 2.19. The molecule has 0 fully saturated rings. The minimum absolute atomic E-state index is 0.105. The second kappa shape index (κ2) is 7.64. The van der Waals surface area contributed by atoms with Gasteiger partial charge < -0.3 is 10.1 Å². The number of carbonyl (C=O) groups excluding carboxylic acids is 1. The molecule has 0 radical (unpaired) electrons. The number of aryl methyl sites for hydroxylation is 2. The number of ether oxygens (including phenoxy) is 1. The lowest BCUT2D eigenvalue weighted by Gasteiger charge is -2.17. The third kappa shape index (κ3) is 4.35. The van der Waals surface area contributed by atoms with E-state index in [0.717, 1.165) is 23.3 Å². The number of hydrogen-bond donors (Lipinski definition) is 1. The van der Waals surface area contributed by atoms with Crippen LogP contribution in [0, 0.1) is 6.92 Å². The highest BCUT2D eigenvalue weighted by molar-refractivity contribution is 5.80. The van der Waals surface area contributed by atoms with E-state index in [1.165, 1.54) is 5.56 Å². The topological polar surface area (TPSA) is 38.3 Å². The second-order valence-electron chi connectivity index (χ2n) is 5.42. The highest BCUT2D eigenvalue weighted by Gasteiger charge is 2.15. The third-order valence-corrected chi connectivity index (χ3v) is 3.61. The standard InChI is InChI=1S/C19H23NO2/c1-4-17-7-5-6-8-18(17)22-15(3)19(21)20-13-16-11-9-14(2)10-12-16/h5-12,15H,4,13H2,1-3H3,(H,20,21). The first-order valence-electron chi connectivity index (χ1n) is 7.68. The minimum Gasteiger partial charge on any atom is -0.481 e. The van der Waals surface area contributed by atoms with Crippen molar-refractivity contribution in [3.63, 3.8) is 0 Å². The average molecular weight is 297 g/mol. The molecule has 3 heteroatoms. The van der Waals surface area contributed by atoms with Gasteiger partial charge in [-0.15, -0.1) is 0 Å². The van der Waals surface area contributed by atoms with E-state index >= 15 is 0 Å². The van der Waals surface area contributed by atoms with Gasteiger partial charge in [0.05, 0.1) is 0 Å². The van der Waals surface area contributed by atoms with Gasteiger partial charge in [-0.2, -0.15) is 0 Å². The van der Waals surface area contributed by atoms with Gasteiger partial charge in [-0.25, -0.2) is 0 Å². The molecule has 3 nitrogen and oxygen atoms in total. The lowest BCUT2D eigenvalue weighted by molar-refractivity contribution is -0.127. The summed E-state index contributed by atoms with van der Waals surface area (Å²) < 4.78 is 5.79. The smallest absolute Gasteiger partial charge is 0.261 e. The highest BCUT2D eigenvalue weighted by atomic mass is 16.5. The summed E-state index contributed by atoms with van der Waals surface area (Å²) >= 11 is 0. The summed E-state index contributed by atoms with van der Waals surface area (Å²) in [6, 6.07) is 16.0. The Morgan fingerprint density at radius 1 is 1.14 bits per heavy atom. The molecular weight excluding hydrogens is 274 g/mol. The molecule has 1 N–H and O–H groups in total. The minimum atomic E-state index is -0.516. The van der Waals surface area contributed by atoms with E-state index < -0.39 is 6.10 Å². The number of nitrogens with one attached hydrogen (secondary N) is 1. The first-order chi connectivity index (χ1) is 10.6. The van der Waals surface area contributed by atoms with Gasteiger partial charge in [0.25, 0.3) is 5.91 Å². The fraction of sp³-hybridized carbons (Fsp3) is 0.316. The van der Waals surface area contributed by atoms with Crippen LogP contribution in [-0.4, -0.2) is 12.0 Å². The van der Waals surface area contributed by atoms with Crippen LogP contribution in [0.1, 0.15) is 30.5 Å². The number of rotatable bonds is 6. The Labute approximate surface area is 132 Å². The quantitative estimate of drug-likeness (QED) is 0.884. The van der Waals surface area contributed by atoms with E-state index in [4.69, 9.17) is 4.74 Å². The summed E-state index contributed by atoms with van der Waals surface area (Å²) in [6.45, 7) is 6.41. The number of benzene rings is 2. The molecule has 1 unspecified atom stereocenters. The second-order valence-corrected chi connectivity index (χ2v) is 5.42. The van der Waals surface area contributed by atoms with Crippen LogP contribution in [0.25, 0.3) is 0 Å². The molecule has 0 heterocycles. The molecule has 116 valence electrons. The predicted octanol–water partition coefficient (Wildman–Crippen LogP) is 3.64. The number of para-hydroxylation sites is 1. The first kappa shape index (κ1) is 16.1. The Kier molecular flexibility index (Phi) is 5.59. The van der Waals surface area contributed by atoms with Crippen molar-refractivity contribution in [2.45, 2.75) is 39.8 Å². The van der Waals surface area contributed by atoms with Gasteiger partial charge in [0.2, 0.25) is 0 Å². The Morgan fingerprint density at radius 2 is 1.82 bits per heavy atom. The molecule has 0 aromatic heterocycles. The van der Waals surface area contributed by atoms with Crippen LogP contribution in [0.5, 0.6) is 5.75 Å². The van der Waals surface area contributed by atoms with Gasteiger partial charge in [0.1, 0.15) is 5.75 Å². The van der Waals surface area contributed by atoms with Crippen LogP contribution < -0.4 is 10.1 Å². The van der Waals surface area contributed by atoms with Crippen LogP contribution in [0.4, 0.5) is 0 Å². The molecule has 1 atom stereocenters. The Balaban J connectivity index is 1.90. The fourth-order valence-corrected chi connectivity index (χ4v) is 2.19. The van der Waals surface area contributed by atoms with Gasteiger partial charge >= 0.3 is 0 Å². The SMILES string of the molecule is CCc1ccccc1OC(C)C(=O)NCc1ccc(C)cc1. The molecule has 2 aromatic rings. The van der Waals surface area contributed by atoms with Gasteiger partial charge in [0.15, 0.2) is 6.10 Å². The molecule has 0 aliphatic rings. The summed E-state index contributed by atoms with van der Waals surface area (Å²) in [7, 11) is 0. The largest absolute Gasteiger partial charge is 0.481 e. The maximum absolute atomic E-state index is 12.2. The van der Waals surface area contributed by atoms with Gasteiger partial charge in [-0.05, 0) is 37.5 Å². The normalized spacial score (nSPS) is 11.8. The summed E-state index contributed by atoms with van der Waals surface area (Å²) in [4.78, 5) is 12.2. The summed E-state index contributed by atoms with van der Waals surface area (Å²) in [6.07, 6.45) is 0.367. The number of carbonyl (C=O) groups is 1. The van der Waals surface area contributed by atoms with Crippen LogP contribution in [0.3, 0.4) is 0 Å². The maximum atomic E-state index is 12.2. The summed E-state index contributed by atoms with van der Waals surface area (Å²) in [5.41, 5.74) is 3.41. The van der Waals surface area contributed by atoms with Crippen LogP contribution in [0.15, 0.2) is 48.5 Å². The van der Waals surface area contributed by atoms with Gasteiger partial charge in [0, 0.05) is 6.54 Å². The molecule has 1 amide bonds. The van der Waals surface area contributed by atoms with Crippen molar-refractivity contribution in [1.82, 2.24) is 5.32 Å². The van der Waals surface area contributed by atoms with Gasteiger partial charge in [-0.3, -0.25) is 4.79 Å². The zero-order valence-electron chi connectivity index (χ0n) is 13.4. The number of amides is 1. The van der Waals surface area contributed by atoms with Crippen molar-refractivity contribution in [3.05, 3.63) is 65.2 Å². The van der Waals surface area contributed by atoms with E-state index in [1.807, 2.05) is 55.5 Å². The van der Waals surface area contributed by atoms with E-state index in [0.29, 0.717) is 6.54 Å². The van der Waals surface area contributed by atoms with E-state index in [2.05, 4.69) is 12.2 Å². The molecule has 0 saturated heterocycles. The lowest BCUT2D eigenvalue weighted by atomic mass is 10.1. The molecule has 0 bridgehead atoms. The molecule has 0 saturated carbocycles. The van der Waals surface area contributed by atoms with Crippen LogP contribution in [-0.2, 0) is 17.8 Å². The van der Waals surface area contributed by atoms with Crippen LogP contribution in [0.2, 0.25) is 0 Å². The maximum Gasteiger partial charge on any atom is 0.261 e. The van der Waals surface area contributed by atoms with Gasteiger partial charge in [-0.1, -0.05) is 55.0 Å². The monoisotopic (exact) mass is 297 g/mol. The molecule has 0 spiro atoms. The third-order valence-electron chi connectivity index (χ3n) is 3.61. The average Bonchev–Trinajstić information content (AvgIpc) is 2.54. The molecule has 0 aliphatic carbocycles. The van der Waals surface area contributed by atoms with Crippen molar-refractivity contribution >= 4 is 5.91 Å². The molecule has 2 aromatic carbocycles. The van der Waals surface area contributed by atoms with Crippen molar-refractivity contribution in [1.29, 1.82) is 0 Å². The molecule has 0 aliphatic heterocycles. The van der Waals surface area contributed by atoms with E-state index in [1.54, 1.807) is 6.92 Å². The zero-order chi connectivity index (χ0) is 15.9. The van der Waals surface area contributed by atoms with Crippen molar-refractivity contribution < 1.29 is 9.53 Å². The Bertz CT molecular complexity index is 620. The first-order valence-corrected chi connectivity index (χ1v) is 7.68. The number of hydrogen-bond acceptors (Lipinski definition) is 2. The van der Waals surface area contributed by atoms with E-state index in [-0.39, 0.29) is 5.91 Å². The Morgan fingerprint density at radius 3 is 2.50 bits per heavy atom. The predicted molar refractivity (Wildman–Crippen MR) is 88.9 cm³/mol. The van der Waals surface area contributed by atoms with Crippen molar-refractivity contribution in [3.8, 4) is 5.75 Å². The summed E-state index contributed by atoms with van der Waals surface area (Å²) in [5.74, 6) is 0.675. The van der Waals surface area contributed by atoms with Crippen molar-refractivity contribution in [2.24, 2.45) is 0 Å². The zero-order valence-corrected chi connectivity index (χ0v) is 13.4. The summed E-state index contributed by atoms with van der Waals surface area (Å²) in [5, 5.41) is 2.91. The molecular formula is C19H23NO2.